The Morgan fingerprint density at radius 2 is 2.21 bits per heavy atom. The molecule has 0 bridgehead atoms. The minimum Gasteiger partial charge on any atom is -0.453 e. The van der Waals surface area contributed by atoms with E-state index in [1.807, 2.05) is 37.7 Å². The van der Waals surface area contributed by atoms with E-state index < -0.39 is 0 Å². The molecule has 0 fully saturated rings. The number of aromatic nitrogens is 2. The van der Waals surface area contributed by atoms with Crippen LogP contribution in [0.4, 0.5) is 0 Å². The highest BCUT2D eigenvalue weighted by molar-refractivity contribution is 5.64. The predicted molar refractivity (Wildman–Crippen MR) is 76.6 cm³/mol. The van der Waals surface area contributed by atoms with Crippen LogP contribution in [0.5, 0.6) is 0 Å². The quantitative estimate of drug-likeness (QED) is 0.861. The van der Waals surface area contributed by atoms with Gasteiger partial charge >= 0.3 is 0 Å². The van der Waals surface area contributed by atoms with Crippen molar-refractivity contribution in [1.29, 1.82) is 0 Å². The molecule has 0 radical (unpaired) electrons. The number of furan rings is 1. The van der Waals surface area contributed by atoms with Crippen LogP contribution < -0.4 is 11.1 Å². The molecule has 19 heavy (non-hydrogen) atoms. The van der Waals surface area contributed by atoms with E-state index in [0.29, 0.717) is 11.5 Å². The van der Waals surface area contributed by atoms with Crippen LogP contribution in [0.3, 0.4) is 0 Å². The van der Waals surface area contributed by atoms with Crippen molar-refractivity contribution in [2.75, 3.05) is 13.6 Å². The van der Waals surface area contributed by atoms with Gasteiger partial charge in [0.05, 0.1) is 12.2 Å². The Kier molecular flexibility index (Phi) is 3.76. The second-order valence-corrected chi connectivity index (χ2v) is 4.65. The Hall–Kier alpha value is -2.01. The number of rotatable bonds is 5. The zero-order valence-electron chi connectivity index (χ0n) is 11.7. The lowest BCUT2D eigenvalue weighted by atomic mass is 10.2. The largest absolute Gasteiger partial charge is 0.453 e. The fourth-order valence-corrected chi connectivity index (χ4v) is 2.00. The molecule has 2 aromatic heterocycles. The minimum atomic E-state index is 0.440. The minimum absolute atomic E-state index is 0.440. The summed E-state index contributed by atoms with van der Waals surface area (Å²) in [5.41, 5.74) is 9.03. The maximum atomic E-state index is 5.72. The highest BCUT2D eigenvalue weighted by atomic mass is 16.3. The van der Waals surface area contributed by atoms with Gasteiger partial charge in [-0.2, -0.15) is 5.10 Å². The van der Waals surface area contributed by atoms with Crippen molar-refractivity contribution in [1.82, 2.24) is 15.1 Å². The van der Waals surface area contributed by atoms with Crippen molar-refractivity contribution >= 4 is 5.70 Å². The number of likely N-dealkylation sites (N-methyl/N-ethyl adjacent to an activating group) is 1. The first-order valence-electron chi connectivity index (χ1n) is 6.27. The zero-order chi connectivity index (χ0) is 14.0. The molecule has 0 aliphatic heterocycles. The topological polar surface area (TPSA) is 69.0 Å². The summed E-state index contributed by atoms with van der Waals surface area (Å²) < 4.78 is 7.68. The van der Waals surface area contributed by atoms with Crippen molar-refractivity contribution < 1.29 is 4.42 Å². The molecular formula is C14H20N4O. The normalized spacial score (nSPS) is 10.9. The van der Waals surface area contributed by atoms with Crippen LogP contribution >= 0.6 is 0 Å². The lowest BCUT2D eigenvalue weighted by molar-refractivity contribution is 0.550. The smallest absolute Gasteiger partial charge is 0.155 e. The Bertz CT molecular complexity index is 595. The van der Waals surface area contributed by atoms with Crippen molar-refractivity contribution in [3.05, 3.63) is 35.7 Å². The van der Waals surface area contributed by atoms with Crippen LogP contribution in [0.2, 0.25) is 0 Å². The maximum absolute atomic E-state index is 5.72. The van der Waals surface area contributed by atoms with E-state index in [4.69, 9.17) is 10.2 Å². The molecule has 2 rings (SSSR count). The van der Waals surface area contributed by atoms with Crippen molar-refractivity contribution in [2.45, 2.75) is 20.4 Å². The molecular weight excluding hydrogens is 240 g/mol. The monoisotopic (exact) mass is 260 g/mol. The van der Waals surface area contributed by atoms with E-state index in [1.165, 1.54) is 0 Å². The van der Waals surface area contributed by atoms with E-state index in [9.17, 15) is 0 Å². The van der Waals surface area contributed by atoms with Crippen molar-refractivity contribution in [3.63, 3.8) is 0 Å². The van der Waals surface area contributed by atoms with Gasteiger partial charge in [0, 0.05) is 12.2 Å². The Labute approximate surface area is 113 Å². The number of hydrogen-bond acceptors (Lipinski definition) is 4. The van der Waals surface area contributed by atoms with E-state index in [1.54, 1.807) is 0 Å². The molecule has 0 unspecified atom stereocenters. The molecule has 0 spiro atoms. The maximum Gasteiger partial charge on any atom is 0.155 e. The Morgan fingerprint density at radius 1 is 1.47 bits per heavy atom. The standard InChI is InChI=1S/C14H20N4O/c1-9-7-13(19-14(9)11(3)15)12-8-10(2)18(17-12)6-5-16-4/h7-8,16H,3,5-6,15H2,1-2,4H3. The van der Waals surface area contributed by atoms with Gasteiger partial charge in [0.15, 0.2) is 11.5 Å². The van der Waals surface area contributed by atoms with Gasteiger partial charge < -0.3 is 15.5 Å². The van der Waals surface area contributed by atoms with Gasteiger partial charge in [-0.15, -0.1) is 0 Å². The molecule has 0 saturated heterocycles. The molecule has 2 aromatic rings. The summed E-state index contributed by atoms with van der Waals surface area (Å²) in [6, 6.07) is 3.95. The van der Waals surface area contributed by atoms with Crippen LogP contribution in [-0.2, 0) is 6.54 Å². The molecule has 0 aliphatic rings. The van der Waals surface area contributed by atoms with E-state index in [0.717, 1.165) is 35.8 Å². The average Bonchev–Trinajstić information content (AvgIpc) is 2.90. The third kappa shape index (κ3) is 2.71. The van der Waals surface area contributed by atoms with Crippen LogP contribution in [0, 0.1) is 13.8 Å². The number of aryl methyl sites for hydroxylation is 2. The van der Waals surface area contributed by atoms with Gasteiger partial charge in [-0.1, -0.05) is 6.58 Å². The predicted octanol–water partition coefficient (Wildman–Crippen LogP) is 1.91. The molecule has 5 nitrogen and oxygen atoms in total. The second-order valence-electron chi connectivity index (χ2n) is 4.65. The molecule has 3 N–H and O–H groups in total. The summed E-state index contributed by atoms with van der Waals surface area (Å²) in [4.78, 5) is 0. The molecule has 0 amide bonds. The third-order valence-corrected chi connectivity index (χ3v) is 3.02. The van der Waals surface area contributed by atoms with Crippen LogP contribution in [-0.4, -0.2) is 23.4 Å². The highest BCUT2D eigenvalue weighted by Crippen LogP contribution is 2.27. The summed E-state index contributed by atoms with van der Waals surface area (Å²) in [6.45, 7) is 9.40. The Morgan fingerprint density at radius 3 is 2.79 bits per heavy atom. The summed E-state index contributed by atoms with van der Waals surface area (Å²) in [7, 11) is 1.93. The van der Waals surface area contributed by atoms with Gasteiger partial charge in [-0.05, 0) is 38.6 Å². The number of nitrogens with two attached hydrogens (primary N) is 1. The lowest BCUT2D eigenvalue weighted by Crippen LogP contribution is -2.16. The summed E-state index contributed by atoms with van der Waals surface area (Å²) >= 11 is 0. The van der Waals surface area contributed by atoms with Gasteiger partial charge in [-0.25, -0.2) is 0 Å². The van der Waals surface area contributed by atoms with Gasteiger partial charge in [0.25, 0.3) is 0 Å². The summed E-state index contributed by atoms with van der Waals surface area (Å²) in [6.07, 6.45) is 0. The van der Waals surface area contributed by atoms with Crippen molar-refractivity contribution in [2.24, 2.45) is 5.73 Å². The van der Waals surface area contributed by atoms with E-state index in [2.05, 4.69) is 17.0 Å². The molecule has 102 valence electrons. The van der Waals surface area contributed by atoms with Crippen molar-refractivity contribution in [3.8, 4) is 11.5 Å². The van der Waals surface area contributed by atoms with Crippen LogP contribution in [0.1, 0.15) is 17.0 Å². The van der Waals surface area contributed by atoms with Gasteiger partial charge in [0.2, 0.25) is 0 Å². The summed E-state index contributed by atoms with van der Waals surface area (Å²) in [5.74, 6) is 1.36. The van der Waals surface area contributed by atoms with E-state index in [-0.39, 0.29) is 0 Å². The molecule has 5 heteroatoms. The van der Waals surface area contributed by atoms with Crippen LogP contribution in [0.25, 0.3) is 17.2 Å². The second kappa shape index (κ2) is 5.32. The molecule has 0 aromatic carbocycles. The highest BCUT2D eigenvalue weighted by Gasteiger charge is 2.14. The average molecular weight is 260 g/mol. The first-order valence-corrected chi connectivity index (χ1v) is 6.27. The molecule has 2 heterocycles. The number of nitrogens with one attached hydrogen (secondary N) is 1. The fourth-order valence-electron chi connectivity index (χ4n) is 2.00. The SMILES string of the molecule is C=C(N)c1oc(-c2cc(C)n(CCNC)n2)cc1C. The van der Waals surface area contributed by atoms with Gasteiger partial charge in [0.1, 0.15) is 5.69 Å². The lowest BCUT2D eigenvalue weighted by Gasteiger charge is -2.02. The van der Waals surface area contributed by atoms with Crippen LogP contribution in [0.15, 0.2) is 23.1 Å². The first-order chi connectivity index (χ1) is 9.02. The zero-order valence-corrected chi connectivity index (χ0v) is 11.7. The Balaban J connectivity index is 2.31. The molecule has 0 aliphatic carbocycles. The van der Waals surface area contributed by atoms with Gasteiger partial charge in [-0.3, -0.25) is 4.68 Å². The van der Waals surface area contributed by atoms with E-state index >= 15 is 0 Å². The number of nitrogens with zero attached hydrogens (tertiary/aromatic N) is 2. The first kappa shape index (κ1) is 13.4. The fraction of sp³-hybridized carbons (Fsp3) is 0.357. The molecule has 0 atom stereocenters. The summed E-state index contributed by atoms with van der Waals surface area (Å²) in [5, 5.41) is 7.65. The number of hydrogen-bond donors (Lipinski definition) is 2. The molecule has 0 saturated carbocycles. The third-order valence-electron chi connectivity index (χ3n) is 3.02.